The van der Waals surface area contributed by atoms with E-state index in [0.29, 0.717) is 26.2 Å². The van der Waals surface area contributed by atoms with Crippen LogP contribution in [0, 0.1) is 19.8 Å². The predicted molar refractivity (Wildman–Crippen MR) is 97.5 cm³/mol. The van der Waals surface area contributed by atoms with Crippen LogP contribution >= 0.6 is 0 Å². The van der Waals surface area contributed by atoms with Crippen LogP contribution in [-0.2, 0) is 4.79 Å². The minimum Gasteiger partial charge on any atom is -0.493 e. The van der Waals surface area contributed by atoms with Gasteiger partial charge in [0.15, 0.2) is 0 Å². The second kappa shape index (κ2) is 8.74. The summed E-state index contributed by atoms with van der Waals surface area (Å²) in [4.78, 5) is 27.1. The Morgan fingerprint density at radius 3 is 2.84 bits per heavy atom. The van der Waals surface area contributed by atoms with Gasteiger partial charge in [0.25, 0.3) is 0 Å². The summed E-state index contributed by atoms with van der Waals surface area (Å²) in [7, 11) is 1.81. The number of piperidine rings is 1. The van der Waals surface area contributed by atoms with E-state index in [1.54, 1.807) is 9.80 Å². The summed E-state index contributed by atoms with van der Waals surface area (Å²) in [6, 6.07) is 5.70. The average Bonchev–Trinajstić information content (AvgIpc) is 2.60. The van der Waals surface area contributed by atoms with Crippen molar-refractivity contribution in [3.05, 3.63) is 29.3 Å². The van der Waals surface area contributed by atoms with Gasteiger partial charge in [-0.05, 0) is 50.3 Å². The first-order valence-corrected chi connectivity index (χ1v) is 8.88. The molecule has 1 aliphatic rings. The van der Waals surface area contributed by atoms with Crippen molar-refractivity contribution in [2.45, 2.75) is 33.1 Å². The molecule has 0 radical (unpaired) electrons. The molecule has 1 heterocycles. The molecule has 0 aromatic heterocycles. The van der Waals surface area contributed by atoms with Crippen molar-refractivity contribution in [3.63, 3.8) is 0 Å². The highest BCUT2D eigenvalue weighted by Crippen LogP contribution is 2.20. The Bertz CT molecular complexity index is 618. The van der Waals surface area contributed by atoms with Crippen molar-refractivity contribution in [2.24, 2.45) is 11.7 Å². The lowest BCUT2D eigenvalue weighted by atomic mass is 9.97. The SMILES string of the molecule is Cc1ccc(C)c(OCCCN(C)C(=O)[C@@H]2CCCN(C(N)=O)C2)c1. The van der Waals surface area contributed by atoms with E-state index in [9.17, 15) is 9.59 Å². The molecule has 6 heteroatoms. The van der Waals surface area contributed by atoms with E-state index in [1.165, 1.54) is 5.56 Å². The quantitative estimate of drug-likeness (QED) is 0.803. The first-order valence-electron chi connectivity index (χ1n) is 8.88. The molecule has 1 atom stereocenters. The molecule has 1 aliphatic heterocycles. The maximum Gasteiger partial charge on any atom is 0.314 e. The Morgan fingerprint density at radius 1 is 1.36 bits per heavy atom. The largest absolute Gasteiger partial charge is 0.493 e. The molecule has 1 aromatic rings. The van der Waals surface area contributed by atoms with Crippen LogP contribution < -0.4 is 10.5 Å². The Hall–Kier alpha value is -2.24. The van der Waals surface area contributed by atoms with Crippen molar-refractivity contribution in [3.8, 4) is 5.75 Å². The molecule has 6 nitrogen and oxygen atoms in total. The molecule has 1 saturated heterocycles. The third-order valence-corrected chi connectivity index (χ3v) is 4.70. The van der Waals surface area contributed by atoms with Gasteiger partial charge in [-0.15, -0.1) is 0 Å². The number of hydrogen-bond acceptors (Lipinski definition) is 3. The molecule has 0 aliphatic carbocycles. The number of carbonyl (C=O) groups is 2. The van der Waals surface area contributed by atoms with Gasteiger partial charge < -0.3 is 20.3 Å². The van der Waals surface area contributed by atoms with Gasteiger partial charge in [0, 0.05) is 26.7 Å². The maximum atomic E-state index is 12.5. The van der Waals surface area contributed by atoms with Gasteiger partial charge in [0.1, 0.15) is 5.75 Å². The molecule has 0 bridgehead atoms. The van der Waals surface area contributed by atoms with Crippen LogP contribution in [0.1, 0.15) is 30.4 Å². The normalized spacial score (nSPS) is 17.2. The van der Waals surface area contributed by atoms with Crippen LogP contribution in [0.3, 0.4) is 0 Å². The summed E-state index contributed by atoms with van der Waals surface area (Å²) in [5.74, 6) is 0.835. The minimum atomic E-state index is -0.443. The van der Waals surface area contributed by atoms with Crippen LogP contribution in [0.25, 0.3) is 0 Å². The van der Waals surface area contributed by atoms with Crippen molar-refractivity contribution in [1.82, 2.24) is 9.80 Å². The first kappa shape index (κ1) is 19.1. The van der Waals surface area contributed by atoms with E-state index in [-0.39, 0.29) is 11.8 Å². The molecule has 25 heavy (non-hydrogen) atoms. The number of rotatable bonds is 6. The van der Waals surface area contributed by atoms with E-state index >= 15 is 0 Å². The number of primary amides is 1. The fourth-order valence-electron chi connectivity index (χ4n) is 3.15. The Morgan fingerprint density at radius 2 is 2.12 bits per heavy atom. The lowest BCUT2D eigenvalue weighted by Crippen LogP contribution is -2.47. The molecule has 0 saturated carbocycles. The third kappa shape index (κ3) is 5.37. The molecule has 2 rings (SSSR count). The highest BCUT2D eigenvalue weighted by molar-refractivity contribution is 5.80. The van der Waals surface area contributed by atoms with E-state index in [4.69, 9.17) is 10.5 Å². The van der Waals surface area contributed by atoms with Crippen LogP contribution in [0.4, 0.5) is 4.79 Å². The number of ether oxygens (including phenoxy) is 1. The highest BCUT2D eigenvalue weighted by atomic mass is 16.5. The summed E-state index contributed by atoms with van der Waals surface area (Å²) in [6.07, 6.45) is 2.40. The number of aryl methyl sites for hydroxylation is 2. The van der Waals surface area contributed by atoms with Gasteiger partial charge >= 0.3 is 6.03 Å². The summed E-state index contributed by atoms with van der Waals surface area (Å²) in [6.45, 7) is 6.34. The van der Waals surface area contributed by atoms with Crippen molar-refractivity contribution < 1.29 is 14.3 Å². The molecular weight excluding hydrogens is 318 g/mol. The molecule has 0 unspecified atom stereocenters. The minimum absolute atomic E-state index is 0.0812. The van der Waals surface area contributed by atoms with Crippen LogP contribution in [0.2, 0.25) is 0 Å². The lowest BCUT2D eigenvalue weighted by Gasteiger charge is -2.33. The van der Waals surface area contributed by atoms with Gasteiger partial charge in [-0.3, -0.25) is 4.79 Å². The number of urea groups is 1. The zero-order valence-electron chi connectivity index (χ0n) is 15.5. The van der Waals surface area contributed by atoms with Gasteiger partial charge in [-0.2, -0.15) is 0 Å². The van der Waals surface area contributed by atoms with Gasteiger partial charge in [-0.25, -0.2) is 4.79 Å². The Labute approximate surface area is 149 Å². The zero-order valence-corrected chi connectivity index (χ0v) is 15.5. The fourth-order valence-corrected chi connectivity index (χ4v) is 3.15. The number of amides is 3. The van der Waals surface area contributed by atoms with Crippen molar-refractivity contribution in [2.75, 3.05) is 33.3 Å². The van der Waals surface area contributed by atoms with Crippen LogP contribution in [0.15, 0.2) is 18.2 Å². The topological polar surface area (TPSA) is 75.9 Å². The molecular formula is C19H29N3O3. The Kier molecular flexibility index (Phi) is 6.67. The van der Waals surface area contributed by atoms with E-state index in [2.05, 4.69) is 6.07 Å². The van der Waals surface area contributed by atoms with E-state index in [0.717, 1.165) is 30.6 Å². The number of nitrogens with two attached hydrogens (primary N) is 1. The molecule has 138 valence electrons. The Balaban J connectivity index is 1.76. The van der Waals surface area contributed by atoms with Crippen LogP contribution in [-0.4, -0.2) is 55.0 Å². The molecule has 2 N–H and O–H groups in total. The highest BCUT2D eigenvalue weighted by Gasteiger charge is 2.29. The van der Waals surface area contributed by atoms with Crippen LogP contribution in [0.5, 0.6) is 5.75 Å². The van der Waals surface area contributed by atoms with Crippen molar-refractivity contribution in [1.29, 1.82) is 0 Å². The lowest BCUT2D eigenvalue weighted by molar-refractivity contribution is -0.135. The molecule has 1 aromatic carbocycles. The number of likely N-dealkylation sites (tertiary alicyclic amines) is 1. The summed E-state index contributed by atoms with van der Waals surface area (Å²) in [5, 5.41) is 0. The molecule has 3 amide bonds. The fraction of sp³-hybridized carbons (Fsp3) is 0.579. The maximum absolute atomic E-state index is 12.5. The summed E-state index contributed by atoms with van der Waals surface area (Å²) >= 11 is 0. The summed E-state index contributed by atoms with van der Waals surface area (Å²) in [5.41, 5.74) is 7.61. The van der Waals surface area contributed by atoms with E-state index < -0.39 is 6.03 Å². The van der Waals surface area contributed by atoms with Gasteiger partial charge in [-0.1, -0.05) is 12.1 Å². The smallest absolute Gasteiger partial charge is 0.314 e. The molecule has 1 fully saturated rings. The third-order valence-electron chi connectivity index (χ3n) is 4.70. The zero-order chi connectivity index (χ0) is 18.4. The average molecular weight is 347 g/mol. The predicted octanol–water partition coefficient (Wildman–Crippen LogP) is 2.32. The monoisotopic (exact) mass is 347 g/mol. The molecule has 0 spiro atoms. The van der Waals surface area contributed by atoms with E-state index in [1.807, 2.05) is 33.0 Å². The second-order valence-corrected chi connectivity index (χ2v) is 6.85. The first-order chi connectivity index (χ1) is 11.9. The van der Waals surface area contributed by atoms with Gasteiger partial charge in [0.05, 0.1) is 12.5 Å². The number of hydrogen-bond donors (Lipinski definition) is 1. The second-order valence-electron chi connectivity index (χ2n) is 6.85. The number of benzene rings is 1. The number of nitrogens with zero attached hydrogens (tertiary/aromatic N) is 2. The number of carbonyl (C=O) groups excluding carboxylic acids is 2. The van der Waals surface area contributed by atoms with Gasteiger partial charge in [0.2, 0.25) is 5.91 Å². The summed E-state index contributed by atoms with van der Waals surface area (Å²) < 4.78 is 5.83. The standard InChI is InChI=1S/C19H29N3O3/c1-14-7-8-15(2)17(12-14)25-11-5-9-21(3)18(23)16-6-4-10-22(13-16)19(20)24/h7-8,12,16H,4-6,9-11,13H2,1-3H3,(H2,20,24)/t16-/m1/s1. The van der Waals surface area contributed by atoms with Crippen molar-refractivity contribution >= 4 is 11.9 Å².